The highest BCUT2D eigenvalue weighted by atomic mass is 35.5. The number of nitrogens with one attached hydrogen (secondary N) is 2. The van der Waals surface area contributed by atoms with Gasteiger partial charge in [0.05, 0.1) is 12.5 Å². The number of carbonyl (C=O) groups is 3. The van der Waals surface area contributed by atoms with Gasteiger partial charge in [0.25, 0.3) is 5.91 Å². The molecular formula is C24H32ClN3O4. The van der Waals surface area contributed by atoms with Crippen LogP contribution in [0.15, 0.2) is 24.3 Å². The lowest BCUT2D eigenvalue weighted by atomic mass is 9.48. The minimum absolute atomic E-state index is 0.0699. The third kappa shape index (κ3) is 5.20. The number of halogens is 1. The van der Waals surface area contributed by atoms with Crippen LogP contribution in [-0.2, 0) is 14.3 Å². The van der Waals surface area contributed by atoms with Crippen LogP contribution >= 0.6 is 11.6 Å². The first-order valence-electron chi connectivity index (χ1n) is 11.5. The maximum atomic E-state index is 12.5. The summed E-state index contributed by atoms with van der Waals surface area (Å²) in [6.45, 7) is 1.76. The smallest absolute Gasteiger partial charge is 0.312 e. The highest BCUT2D eigenvalue weighted by Crippen LogP contribution is 2.61. The van der Waals surface area contributed by atoms with Crippen molar-refractivity contribution in [1.29, 1.82) is 0 Å². The van der Waals surface area contributed by atoms with E-state index in [2.05, 4.69) is 17.6 Å². The van der Waals surface area contributed by atoms with Crippen LogP contribution in [-0.4, -0.2) is 30.6 Å². The maximum absolute atomic E-state index is 12.5. The van der Waals surface area contributed by atoms with Crippen molar-refractivity contribution < 1.29 is 19.1 Å². The van der Waals surface area contributed by atoms with Crippen molar-refractivity contribution in [2.24, 2.45) is 28.9 Å². The van der Waals surface area contributed by atoms with Gasteiger partial charge in [-0.05, 0) is 86.3 Å². The Morgan fingerprint density at radius 1 is 1.06 bits per heavy atom. The van der Waals surface area contributed by atoms with Gasteiger partial charge in [-0.15, -0.1) is 0 Å². The van der Waals surface area contributed by atoms with E-state index in [1.807, 2.05) is 0 Å². The fourth-order valence-corrected chi connectivity index (χ4v) is 6.76. The maximum Gasteiger partial charge on any atom is 0.312 e. The third-order valence-corrected chi connectivity index (χ3v) is 7.96. The molecule has 0 heterocycles. The summed E-state index contributed by atoms with van der Waals surface area (Å²) in [6.07, 6.45) is 7.51. The molecule has 4 N–H and O–H groups in total. The monoisotopic (exact) mass is 461 g/mol. The van der Waals surface area contributed by atoms with E-state index in [4.69, 9.17) is 22.1 Å². The number of carbonyl (C=O) groups excluding carboxylic acids is 3. The van der Waals surface area contributed by atoms with Gasteiger partial charge in [0.2, 0.25) is 0 Å². The molecule has 3 amide bonds. The highest BCUT2D eigenvalue weighted by molar-refractivity contribution is 6.30. The van der Waals surface area contributed by atoms with Gasteiger partial charge in [-0.3, -0.25) is 9.59 Å². The van der Waals surface area contributed by atoms with E-state index < -0.39 is 18.0 Å². The minimum Gasteiger partial charge on any atom is -0.456 e. The molecule has 4 saturated carbocycles. The van der Waals surface area contributed by atoms with Gasteiger partial charge in [0, 0.05) is 11.1 Å². The number of benzene rings is 1. The molecule has 0 saturated heterocycles. The molecule has 32 heavy (non-hydrogen) atoms. The molecule has 4 aliphatic carbocycles. The molecule has 0 aliphatic heterocycles. The van der Waals surface area contributed by atoms with Crippen LogP contribution in [0.1, 0.15) is 63.5 Å². The largest absolute Gasteiger partial charge is 0.456 e. The molecule has 2 atom stereocenters. The molecule has 174 valence electrons. The minimum atomic E-state index is -0.750. The van der Waals surface area contributed by atoms with E-state index >= 15 is 0 Å². The topological polar surface area (TPSA) is 111 Å². The van der Waals surface area contributed by atoms with Crippen molar-refractivity contribution >= 4 is 29.5 Å². The van der Waals surface area contributed by atoms with Gasteiger partial charge in [-0.1, -0.05) is 23.7 Å². The van der Waals surface area contributed by atoms with Crippen molar-refractivity contribution in [2.45, 2.75) is 64.0 Å². The number of esters is 1. The zero-order valence-electron chi connectivity index (χ0n) is 18.4. The summed E-state index contributed by atoms with van der Waals surface area (Å²) >= 11 is 5.90. The number of primary amides is 1. The van der Waals surface area contributed by atoms with Crippen LogP contribution < -0.4 is 16.4 Å². The normalized spacial score (nSPS) is 29.8. The van der Waals surface area contributed by atoms with E-state index in [9.17, 15) is 14.4 Å². The summed E-state index contributed by atoms with van der Waals surface area (Å²) in [5.74, 6) is 1.55. The van der Waals surface area contributed by atoms with E-state index in [1.54, 1.807) is 24.3 Å². The van der Waals surface area contributed by atoms with Crippen LogP contribution in [0.2, 0.25) is 5.02 Å². The quantitative estimate of drug-likeness (QED) is 0.512. The van der Waals surface area contributed by atoms with Crippen molar-refractivity contribution in [2.75, 3.05) is 6.61 Å². The summed E-state index contributed by atoms with van der Waals surface area (Å²) < 4.78 is 5.21. The third-order valence-electron chi connectivity index (χ3n) is 7.71. The van der Waals surface area contributed by atoms with Gasteiger partial charge in [0.15, 0.2) is 6.61 Å². The molecule has 2 unspecified atom stereocenters. The Morgan fingerprint density at radius 3 is 2.16 bits per heavy atom. The Kier molecular flexibility index (Phi) is 6.65. The molecule has 7 nitrogen and oxygen atoms in total. The standard InChI is InChI=1S/C24H32ClN3O4/c1-14(24-10-15-6-16(11-24)8-17(7-15)12-24)27-21(29)13-32-22(30)9-20(28-23(26)31)18-2-4-19(25)5-3-18/h2-5,14-17,20H,6-13H2,1H3,(H,27,29)(H3,26,28,31). The highest BCUT2D eigenvalue weighted by Gasteiger charge is 2.53. The van der Waals surface area contributed by atoms with Gasteiger partial charge in [-0.25, -0.2) is 4.79 Å². The van der Waals surface area contributed by atoms with Crippen LogP contribution in [0.5, 0.6) is 0 Å². The fourth-order valence-electron chi connectivity index (χ4n) is 6.63. The van der Waals surface area contributed by atoms with Crippen LogP contribution in [0.3, 0.4) is 0 Å². The summed E-state index contributed by atoms with van der Waals surface area (Å²) in [7, 11) is 0. The van der Waals surface area contributed by atoms with Crippen molar-refractivity contribution in [1.82, 2.24) is 10.6 Å². The van der Waals surface area contributed by atoms with Crippen molar-refractivity contribution in [3.8, 4) is 0 Å². The van der Waals surface area contributed by atoms with E-state index in [-0.39, 0.29) is 30.4 Å². The number of amides is 3. The average Bonchev–Trinajstić information content (AvgIpc) is 2.71. The van der Waals surface area contributed by atoms with Gasteiger partial charge < -0.3 is 21.1 Å². The summed E-state index contributed by atoms with van der Waals surface area (Å²) in [6, 6.07) is 5.40. The number of nitrogens with two attached hydrogens (primary N) is 1. The van der Waals surface area contributed by atoms with Crippen LogP contribution in [0.25, 0.3) is 0 Å². The van der Waals surface area contributed by atoms with E-state index in [1.165, 1.54) is 38.5 Å². The van der Waals surface area contributed by atoms with E-state index in [0.717, 1.165) is 17.8 Å². The second kappa shape index (κ2) is 9.30. The Labute approximate surface area is 193 Å². The first kappa shape index (κ1) is 22.9. The zero-order chi connectivity index (χ0) is 22.9. The van der Waals surface area contributed by atoms with Gasteiger partial charge >= 0.3 is 12.0 Å². The summed E-state index contributed by atoms with van der Waals surface area (Å²) in [4.78, 5) is 36.2. The fraction of sp³-hybridized carbons (Fsp3) is 0.625. The number of rotatable bonds is 8. The SMILES string of the molecule is CC(NC(=O)COC(=O)CC(NC(N)=O)c1ccc(Cl)cc1)C12CC3CC(CC(C3)C1)C2. The lowest BCUT2D eigenvalue weighted by Crippen LogP contribution is -2.56. The number of urea groups is 1. The Hall–Kier alpha value is -2.28. The average molecular weight is 462 g/mol. The molecule has 0 radical (unpaired) electrons. The van der Waals surface area contributed by atoms with Crippen molar-refractivity contribution in [3.63, 3.8) is 0 Å². The summed E-state index contributed by atoms with van der Waals surface area (Å²) in [5.41, 5.74) is 6.11. The van der Waals surface area contributed by atoms with Crippen LogP contribution in [0.4, 0.5) is 4.79 Å². The lowest BCUT2D eigenvalue weighted by molar-refractivity contribution is -0.150. The molecular weight excluding hydrogens is 430 g/mol. The second-order valence-electron chi connectivity index (χ2n) is 10.0. The molecule has 4 bridgehead atoms. The first-order chi connectivity index (χ1) is 15.2. The van der Waals surface area contributed by atoms with E-state index in [0.29, 0.717) is 10.6 Å². The van der Waals surface area contributed by atoms with Gasteiger partial charge in [0.1, 0.15) is 0 Å². The predicted octanol–water partition coefficient (Wildman–Crippen LogP) is 3.70. The van der Waals surface area contributed by atoms with Gasteiger partial charge in [-0.2, -0.15) is 0 Å². The van der Waals surface area contributed by atoms with Crippen LogP contribution in [0, 0.1) is 23.2 Å². The zero-order valence-corrected chi connectivity index (χ0v) is 19.2. The Morgan fingerprint density at radius 2 is 1.62 bits per heavy atom. The van der Waals surface area contributed by atoms with Crippen molar-refractivity contribution in [3.05, 3.63) is 34.9 Å². The lowest BCUT2D eigenvalue weighted by Gasteiger charge is -2.59. The number of hydrogen-bond acceptors (Lipinski definition) is 4. The second-order valence-corrected chi connectivity index (χ2v) is 10.5. The number of ether oxygens (including phenoxy) is 1. The molecule has 4 aliphatic rings. The molecule has 1 aromatic carbocycles. The Bertz CT molecular complexity index is 837. The molecule has 0 aromatic heterocycles. The molecule has 4 fully saturated rings. The molecule has 1 aromatic rings. The first-order valence-corrected chi connectivity index (χ1v) is 11.9. The predicted molar refractivity (Wildman–Crippen MR) is 121 cm³/mol. The molecule has 0 spiro atoms. The summed E-state index contributed by atoms with van der Waals surface area (Å²) in [5, 5.41) is 6.17. The molecule has 8 heteroatoms. The molecule has 5 rings (SSSR count). The Balaban J connectivity index is 1.28. The number of hydrogen-bond donors (Lipinski definition) is 3.